The third-order valence-electron chi connectivity index (χ3n) is 3.41. The van der Waals surface area contributed by atoms with E-state index in [9.17, 15) is 18.4 Å². The normalized spacial score (nSPS) is 19.2. The van der Waals surface area contributed by atoms with Crippen molar-refractivity contribution in [2.75, 3.05) is 13.1 Å². The molecule has 1 aliphatic heterocycles. The Hall–Kier alpha value is -1.54. The Bertz CT molecular complexity index is 468. The summed E-state index contributed by atoms with van der Waals surface area (Å²) >= 11 is 0. The maximum absolute atomic E-state index is 12.7. The molecule has 1 saturated heterocycles. The van der Waals surface area contributed by atoms with Gasteiger partial charge in [-0.3, -0.25) is 0 Å². The van der Waals surface area contributed by atoms with Crippen molar-refractivity contribution in [3.8, 4) is 6.07 Å². The molecule has 1 fully saturated rings. The minimum Gasteiger partial charge on any atom is -0.317 e. The van der Waals surface area contributed by atoms with Crippen LogP contribution in [0.1, 0.15) is 24.0 Å². The van der Waals surface area contributed by atoms with Crippen molar-refractivity contribution in [1.82, 2.24) is 5.32 Å². The molecule has 0 unspecified atom stereocenters. The molecule has 1 aliphatic rings. The van der Waals surface area contributed by atoms with Crippen LogP contribution < -0.4 is 5.32 Å². The van der Waals surface area contributed by atoms with Gasteiger partial charge < -0.3 is 5.32 Å². The Morgan fingerprint density at radius 1 is 1.22 bits per heavy atom. The van der Waals surface area contributed by atoms with Gasteiger partial charge in [-0.15, -0.1) is 0 Å². The van der Waals surface area contributed by atoms with Gasteiger partial charge in [-0.25, -0.2) is 0 Å². The number of benzene rings is 1. The monoisotopic (exact) mass is 254 g/mol. The summed E-state index contributed by atoms with van der Waals surface area (Å²) in [7, 11) is 0. The van der Waals surface area contributed by atoms with E-state index in [2.05, 4.69) is 11.4 Å². The molecule has 0 spiro atoms. The topological polar surface area (TPSA) is 35.8 Å². The van der Waals surface area contributed by atoms with E-state index in [4.69, 9.17) is 0 Å². The van der Waals surface area contributed by atoms with Gasteiger partial charge in [0, 0.05) is 0 Å². The van der Waals surface area contributed by atoms with Crippen LogP contribution in [0.15, 0.2) is 24.3 Å². The van der Waals surface area contributed by atoms with Crippen molar-refractivity contribution in [2.24, 2.45) is 0 Å². The molecule has 0 atom stereocenters. The summed E-state index contributed by atoms with van der Waals surface area (Å²) in [4.78, 5) is 0. The third kappa shape index (κ3) is 2.34. The number of halogens is 3. The molecule has 0 saturated carbocycles. The fourth-order valence-electron chi connectivity index (χ4n) is 2.31. The first-order chi connectivity index (χ1) is 8.48. The summed E-state index contributed by atoms with van der Waals surface area (Å²) < 4.78 is 38.0. The van der Waals surface area contributed by atoms with E-state index in [1.54, 1.807) is 6.07 Å². The molecule has 96 valence electrons. The Morgan fingerprint density at radius 2 is 1.89 bits per heavy atom. The Morgan fingerprint density at radius 3 is 2.44 bits per heavy atom. The molecule has 5 heteroatoms. The molecule has 0 aliphatic carbocycles. The molecule has 18 heavy (non-hydrogen) atoms. The van der Waals surface area contributed by atoms with E-state index < -0.39 is 17.2 Å². The smallest absolute Gasteiger partial charge is 0.317 e. The molecule has 1 aromatic rings. The van der Waals surface area contributed by atoms with Gasteiger partial charge in [0.2, 0.25) is 0 Å². The summed E-state index contributed by atoms with van der Waals surface area (Å²) in [5.41, 5.74) is -0.999. The molecule has 0 amide bonds. The van der Waals surface area contributed by atoms with Gasteiger partial charge >= 0.3 is 6.18 Å². The van der Waals surface area contributed by atoms with Crippen molar-refractivity contribution in [1.29, 1.82) is 5.26 Å². The minimum atomic E-state index is -4.36. The first-order valence-electron chi connectivity index (χ1n) is 5.78. The van der Waals surface area contributed by atoms with Gasteiger partial charge in [0.25, 0.3) is 0 Å². The number of nitriles is 1. The highest BCUT2D eigenvalue weighted by Gasteiger charge is 2.37. The first kappa shape index (κ1) is 12.9. The second-order valence-corrected chi connectivity index (χ2v) is 4.52. The molecular weight excluding hydrogens is 241 g/mol. The number of hydrogen-bond donors (Lipinski definition) is 1. The molecule has 0 bridgehead atoms. The van der Waals surface area contributed by atoms with Gasteiger partial charge in [0.15, 0.2) is 0 Å². The average Bonchev–Trinajstić information content (AvgIpc) is 2.39. The Balaban J connectivity index is 2.41. The van der Waals surface area contributed by atoms with Crippen LogP contribution in [0.25, 0.3) is 0 Å². The minimum absolute atomic E-state index is 0.473. The number of nitrogens with zero attached hydrogens (tertiary/aromatic N) is 1. The van der Waals surface area contributed by atoms with E-state index in [0.717, 1.165) is 12.1 Å². The highest BCUT2D eigenvalue weighted by atomic mass is 19.4. The number of rotatable bonds is 1. The summed E-state index contributed by atoms with van der Waals surface area (Å²) in [5, 5.41) is 12.4. The van der Waals surface area contributed by atoms with Crippen LogP contribution in [0.2, 0.25) is 0 Å². The molecule has 1 heterocycles. The molecule has 0 radical (unpaired) electrons. The zero-order valence-corrected chi connectivity index (χ0v) is 9.72. The molecule has 1 N–H and O–H groups in total. The fraction of sp³-hybridized carbons (Fsp3) is 0.462. The molecule has 0 aromatic heterocycles. The van der Waals surface area contributed by atoms with E-state index in [-0.39, 0.29) is 0 Å². The second kappa shape index (κ2) is 4.62. The SMILES string of the molecule is N#CC1(c2cccc(C(F)(F)F)c2)CCNCC1. The fourth-order valence-corrected chi connectivity index (χ4v) is 2.31. The zero-order chi connectivity index (χ0) is 13.2. The molecule has 2 nitrogen and oxygen atoms in total. The highest BCUT2D eigenvalue weighted by molar-refractivity contribution is 5.37. The second-order valence-electron chi connectivity index (χ2n) is 4.52. The van der Waals surface area contributed by atoms with E-state index in [1.807, 2.05) is 0 Å². The zero-order valence-electron chi connectivity index (χ0n) is 9.72. The largest absolute Gasteiger partial charge is 0.416 e. The highest BCUT2D eigenvalue weighted by Crippen LogP contribution is 2.36. The van der Waals surface area contributed by atoms with Gasteiger partial charge in [-0.2, -0.15) is 18.4 Å². The summed E-state index contributed by atoms with van der Waals surface area (Å²) in [6.45, 7) is 1.31. The lowest BCUT2D eigenvalue weighted by Gasteiger charge is -2.32. The van der Waals surface area contributed by atoms with E-state index in [1.165, 1.54) is 6.07 Å². The Kier molecular flexibility index (Phi) is 3.31. The maximum Gasteiger partial charge on any atom is 0.416 e. The average molecular weight is 254 g/mol. The van der Waals surface area contributed by atoms with Crippen LogP contribution >= 0.6 is 0 Å². The van der Waals surface area contributed by atoms with Crippen molar-refractivity contribution in [3.63, 3.8) is 0 Å². The van der Waals surface area contributed by atoms with Gasteiger partial charge in [-0.1, -0.05) is 18.2 Å². The number of piperidine rings is 1. The lowest BCUT2D eigenvalue weighted by molar-refractivity contribution is -0.137. The summed E-state index contributed by atoms with van der Waals surface area (Å²) in [5.74, 6) is 0. The van der Waals surface area contributed by atoms with Crippen molar-refractivity contribution >= 4 is 0 Å². The number of hydrogen-bond acceptors (Lipinski definition) is 2. The lowest BCUT2D eigenvalue weighted by atomic mass is 9.74. The number of nitrogens with one attached hydrogen (secondary N) is 1. The first-order valence-corrected chi connectivity index (χ1v) is 5.78. The standard InChI is InChI=1S/C13H13F3N2/c14-13(15,16)11-3-1-2-10(8-11)12(9-17)4-6-18-7-5-12/h1-3,8,18H,4-7H2. The lowest BCUT2D eigenvalue weighted by Crippen LogP contribution is -2.39. The summed E-state index contributed by atoms with van der Waals surface area (Å²) in [6.07, 6.45) is -3.27. The molecule has 1 aromatic carbocycles. The van der Waals surface area contributed by atoms with Crippen LogP contribution in [0, 0.1) is 11.3 Å². The van der Waals surface area contributed by atoms with Crippen molar-refractivity contribution < 1.29 is 13.2 Å². The van der Waals surface area contributed by atoms with Crippen LogP contribution in [0.5, 0.6) is 0 Å². The van der Waals surface area contributed by atoms with E-state index >= 15 is 0 Å². The molecule has 2 rings (SSSR count). The van der Waals surface area contributed by atoms with Crippen molar-refractivity contribution in [2.45, 2.75) is 24.4 Å². The molecular formula is C13H13F3N2. The third-order valence-corrected chi connectivity index (χ3v) is 3.41. The van der Waals surface area contributed by atoms with Crippen LogP contribution in [0.4, 0.5) is 13.2 Å². The summed E-state index contributed by atoms with van der Waals surface area (Å²) in [6, 6.07) is 7.34. The number of alkyl halides is 3. The predicted molar refractivity (Wildman–Crippen MR) is 60.8 cm³/mol. The van der Waals surface area contributed by atoms with Gasteiger partial charge in [-0.05, 0) is 37.6 Å². The quantitative estimate of drug-likeness (QED) is 0.836. The van der Waals surface area contributed by atoms with Gasteiger partial charge in [0.1, 0.15) is 0 Å². The van der Waals surface area contributed by atoms with Crippen LogP contribution in [-0.2, 0) is 11.6 Å². The van der Waals surface area contributed by atoms with Crippen molar-refractivity contribution in [3.05, 3.63) is 35.4 Å². The van der Waals surface area contributed by atoms with E-state index in [0.29, 0.717) is 31.5 Å². The van der Waals surface area contributed by atoms with Crippen LogP contribution in [0.3, 0.4) is 0 Å². The predicted octanol–water partition coefficient (Wildman–Crippen LogP) is 2.85. The van der Waals surface area contributed by atoms with Gasteiger partial charge in [0.05, 0.1) is 17.0 Å². The Labute approximate surface area is 103 Å². The van der Waals surface area contributed by atoms with Crippen LogP contribution in [-0.4, -0.2) is 13.1 Å². The maximum atomic E-state index is 12.7.